The highest BCUT2D eigenvalue weighted by Crippen LogP contribution is 2.23. The number of aromatic nitrogens is 1. The first-order valence-electron chi connectivity index (χ1n) is 9.68. The molecule has 9 nitrogen and oxygen atoms in total. The Morgan fingerprint density at radius 1 is 0.968 bits per heavy atom. The van der Waals surface area contributed by atoms with E-state index in [-0.39, 0.29) is 10.6 Å². The number of nitrogens with one attached hydrogen (secondary N) is 2. The number of anilines is 3. The zero-order chi connectivity index (χ0) is 22.3. The number of nitro benzene ring substituents is 1. The Hall–Kier alpha value is -3.66. The number of pyridine rings is 1. The van der Waals surface area contributed by atoms with Gasteiger partial charge < -0.3 is 10.6 Å². The van der Waals surface area contributed by atoms with Crippen molar-refractivity contribution in [2.24, 2.45) is 0 Å². The first-order chi connectivity index (χ1) is 14.9. The molecule has 0 radical (unpaired) electrons. The molecule has 0 spiro atoms. The smallest absolute Gasteiger partial charge is 0.269 e. The molecule has 10 heteroatoms. The lowest BCUT2D eigenvalue weighted by molar-refractivity contribution is -0.384. The summed E-state index contributed by atoms with van der Waals surface area (Å²) in [4.78, 5) is 14.6. The molecule has 0 aliphatic rings. The third kappa shape index (κ3) is 5.48. The lowest BCUT2D eigenvalue weighted by Gasteiger charge is -2.22. The van der Waals surface area contributed by atoms with Crippen LogP contribution in [0.4, 0.5) is 22.9 Å². The number of hydrogen-bond donors (Lipinski definition) is 2. The monoisotopic (exact) mass is 441 g/mol. The molecule has 0 bridgehead atoms. The van der Waals surface area contributed by atoms with Crippen molar-refractivity contribution in [3.63, 3.8) is 0 Å². The molecule has 31 heavy (non-hydrogen) atoms. The standard InChI is InChI=1S/C21H23N5O4S/c1-2-25(18-6-4-3-5-7-18)31(29,30)20-12-13-21(24-16-20)23-15-14-22-17-8-10-19(11-9-17)26(27)28/h3-13,16,22H,2,14-15H2,1H3,(H,23,24). The van der Waals surface area contributed by atoms with Gasteiger partial charge in [-0.2, -0.15) is 0 Å². The minimum Gasteiger partial charge on any atom is -0.383 e. The average molecular weight is 442 g/mol. The average Bonchev–Trinajstić information content (AvgIpc) is 2.78. The number of nitro groups is 1. The second kappa shape index (κ2) is 9.90. The molecular formula is C21H23N5O4S. The number of non-ortho nitro benzene ring substituents is 1. The van der Waals surface area contributed by atoms with Crippen LogP contribution in [0.5, 0.6) is 0 Å². The summed E-state index contributed by atoms with van der Waals surface area (Å²) in [5.41, 5.74) is 1.41. The third-order valence-electron chi connectivity index (χ3n) is 4.49. The van der Waals surface area contributed by atoms with Gasteiger partial charge in [-0.3, -0.25) is 14.4 Å². The van der Waals surface area contributed by atoms with Crippen molar-refractivity contribution in [3.8, 4) is 0 Å². The maximum absolute atomic E-state index is 13.0. The summed E-state index contributed by atoms with van der Waals surface area (Å²) in [6.45, 7) is 3.17. The first-order valence-corrected chi connectivity index (χ1v) is 11.1. The zero-order valence-corrected chi connectivity index (χ0v) is 17.7. The first kappa shape index (κ1) is 22.0. The molecule has 3 rings (SSSR count). The topological polar surface area (TPSA) is 117 Å². The van der Waals surface area contributed by atoms with Gasteiger partial charge in [-0.05, 0) is 43.3 Å². The fraction of sp³-hybridized carbons (Fsp3) is 0.190. The minimum absolute atomic E-state index is 0.0387. The van der Waals surface area contributed by atoms with Gasteiger partial charge >= 0.3 is 0 Å². The molecule has 1 heterocycles. The van der Waals surface area contributed by atoms with Gasteiger partial charge in [0, 0.05) is 43.7 Å². The Kier molecular flexibility index (Phi) is 7.03. The van der Waals surface area contributed by atoms with Gasteiger partial charge in [0.2, 0.25) is 0 Å². The molecule has 162 valence electrons. The van der Waals surface area contributed by atoms with Gasteiger partial charge in [0.05, 0.1) is 10.6 Å². The van der Waals surface area contributed by atoms with Crippen LogP contribution in [0.15, 0.2) is 77.8 Å². The van der Waals surface area contributed by atoms with Gasteiger partial charge in [0.15, 0.2) is 0 Å². The molecule has 0 unspecified atom stereocenters. The molecule has 0 aliphatic carbocycles. The van der Waals surface area contributed by atoms with E-state index < -0.39 is 14.9 Å². The van der Waals surface area contributed by atoms with Crippen LogP contribution in [0.1, 0.15) is 6.92 Å². The minimum atomic E-state index is -3.71. The molecule has 0 saturated heterocycles. The Morgan fingerprint density at radius 2 is 1.65 bits per heavy atom. The van der Waals surface area contributed by atoms with Crippen LogP contribution in [-0.2, 0) is 10.0 Å². The number of sulfonamides is 1. The van der Waals surface area contributed by atoms with Gasteiger partial charge in [-0.15, -0.1) is 0 Å². The summed E-state index contributed by atoms with van der Waals surface area (Å²) in [7, 11) is -3.71. The lowest BCUT2D eigenvalue weighted by atomic mass is 10.3. The summed E-state index contributed by atoms with van der Waals surface area (Å²) in [5, 5.41) is 16.9. The fourth-order valence-electron chi connectivity index (χ4n) is 2.95. The van der Waals surface area contributed by atoms with Crippen LogP contribution in [-0.4, -0.2) is 38.0 Å². The SMILES string of the molecule is CCN(c1ccccc1)S(=O)(=O)c1ccc(NCCNc2ccc([N+](=O)[O-])cc2)nc1. The maximum Gasteiger partial charge on any atom is 0.269 e. The summed E-state index contributed by atoms with van der Waals surface area (Å²) >= 11 is 0. The number of benzene rings is 2. The number of nitrogens with zero attached hydrogens (tertiary/aromatic N) is 3. The normalized spacial score (nSPS) is 11.0. The summed E-state index contributed by atoms with van der Waals surface area (Å²) in [5.74, 6) is 0.548. The van der Waals surface area contributed by atoms with Gasteiger partial charge in [-0.25, -0.2) is 13.4 Å². The van der Waals surface area contributed by atoms with E-state index in [0.717, 1.165) is 5.69 Å². The highest BCUT2D eigenvalue weighted by molar-refractivity contribution is 7.92. The molecule has 2 N–H and O–H groups in total. The highest BCUT2D eigenvalue weighted by Gasteiger charge is 2.23. The molecule has 0 fully saturated rings. The van der Waals surface area contributed by atoms with Gasteiger partial charge in [0.1, 0.15) is 10.7 Å². The largest absolute Gasteiger partial charge is 0.383 e. The van der Waals surface area contributed by atoms with Crippen LogP contribution in [0.25, 0.3) is 0 Å². The van der Waals surface area contributed by atoms with E-state index in [0.29, 0.717) is 31.1 Å². The zero-order valence-electron chi connectivity index (χ0n) is 16.9. The second-order valence-corrected chi connectivity index (χ2v) is 8.40. The van der Waals surface area contributed by atoms with Crippen molar-refractivity contribution >= 4 is 32.9 Å². The maximum atomic E-state index is 13.0. The van der Waals surface area contributed by atoms with Gasteiger partial charge in [0.25, 0.3) is 15.7 Å². The third-order valence-corrected chi connectivity index (χ3v) is 6.38. The van der Waals surface area contributed by atoms with Crippen LogP contribution >= 0.6 is 0 Å². The molecule has 2 aromatic carbocycles. The predicted molar refractivity (Wildman–Crippen MR) is 121 cm³/mol. The van der Waals surface area contributed by atoms with Crippen LogP contribution in [0, 0.1) is 10.1 Å². The summed E-state index contributed by atoms with van der Waals surface area (Å²) in [6, 6.07) is 18.2. The van der Waals surface area contributed by atoms with Crippen molar-refractivity contribution in [1.82, 2.24) is 4.98 Å². The van der Waals surface area contributed by atoms with E-state index in [1.807, 2.05) is 6.07 Å². The highest BCUT2D eigenvalue weighted by atomic mass is 32.2. The van der Waals surface area contributed by atoms with E-state index in [4.69, 9.17) is 0 Å². The van der Waals surface area contributed by atoms with E-state index in [2.05, 4.69) is 15.6 Å². The molecule has 1 aromatic heterocycles. The van der Waals surface area contributed by atoms with Crippen molar-refractivity contribution in [1.29, 1.82) is 0 Å². The number of rotatable bonds is 10. The van der Waals surface area contributed by atoms with E-state index >= 15 is 0 Å². The van der Waals surface area contributed by atoms with Crippen LogP contribution < -0.4 is 14.9 Å². The number of para-hydroxylation sites is 1. The molecule has 3 aromatic rings. The summed E-state index contributed by atoms with van der Waals surface area (Å²) < 4.78 is 27.3. The van der Waals surface area contributed by atoms with Crippen molar-refractivity contribution in [3.05, 3.63) is 83.0 Å². The number of hydrogen-bond acceptors (Lipinski definition) is 7. The molecular weight excluding hydrogens is 418 g/mol. The van der Waals surface area contributed by atoms with Crippen molar-refractivity contribution < 1.29 is 13.3 Å². The molecule has 0 aliphatic heterocycles. The molecule has 0 saturated carbocycles. The Morgan fingerprint density at radius 3 is 2.23 bits per heavy atom. The molecule has 0 amide bonds. The van der Waals surface area contributed by atoms with E-state index in [1.54, 1.807) is 49.4 Å². The fourth-order valence-corrected chi connectivity index (χ4v) is 4.37. The van der Waals surface area contributed by atoms with Crippen molar-refractivity contribution in [2.45, 2.75) is 11.8 Å². The second-order valence-electron chi connectivity index (χ2n) is 6.54. The summed E-state index contributed by atoms with van der Waals surface area (Å²) in [6.07, 6.45) is 1.34. The lowest BCUT2D eigenvalue weighted by Crippen LogP contribution is -2.30. The van der Waals surface area contributed by atoms with Crippen LogP contribution in [0.3, 0.4) is 0 Å². The van der Waals surface area contributed by atoms with E-state index in [1.165, 1.54) is 28.7 Å². The van der Waals surface area contributed by atoms with Crippen LogP contribution in [0.2, 0.25) is 0 Å². The Labute approximate surface area is 180 Å². The molecule has 0 atom stereocenters. The Balaban J connectivity index is 1.56. The van der Waals surface area contributed by atoms with Crippen molar-refractivity contribution in [2.75, 3.05) is 34.6 Å². The van der Waals surface area contributed by atoms with Gasteiger partial charge in [-0.1, -0.05) is 18.2 Å². The quantitative estimate of drug-likeness (QED) is 0.280. The predicted octanol–water partition coefficient (Wildman–Crippen LogP) is 3.73. The van der Waals surface area contributed by atoms with E-state index in [9.17, 15) is 18.5 Å². The Bertz CT molecular complexity index is 1100.